The van der Waals surface area contributed by atoms with Crippen molar-refractivity contribution in [1.29, 1.82) is 0 Å². The van der Waals surface area contributed by atoms with Crippen LogP contribution in [0.25, 0.3) is 5.69 Å². The Hall–Kier alpha value is -4.70. The summed E-state index contributed by atoms with van der Waals surface area (Å²) >= 11 is 11.8. The number of hydrogen-bond acceptors (Lipinski definition) is 12. The highest BCUT2D eigenvalue weighted by Crippen LogP contribution is 2.31. The quantitative estimate of drug-likeness (QED) is 0.207. The van der Waals surface area contributed by atoms with Crippen molar-refractivity contribution in [3.8, 4) is 5.69 Å². The lowest BCUT2D eigenvalue weighted by Gasteiger charge is -2.25. The van der Waals surface area contributed by atoms with Gasteiger partial charge in [-0.15, -0.1) is 5.10 Å². The highest BCUT2D eigenvalue weighted by Gasteiger charge is 2.29. The van der Waals surface area contributed by atoms with E-state index in [1.807, 2.05) is 4.72 Å². The first-order valence-electron chi connectivity index (χ1n) is 14.2. The van der Waals surface area contributed by atoms with Crippen molar-refractivity contribution in [2.24, 2.45) is 0 Å². The average Bonchev–Trinajstić information content (AvgIpc) is 3.28. The summed E-state index contributed by atoms with van der Waals surface area (Å²) in [5.74, 6) is -1.08. The standard InChI is InChI=1S/C17H18N4O6S.C11H10Cl2F2N4O3S/c1-10-7-11(2)19-16(18-10)20-17(23)21-28(24,25)14-6-4-3-5-13(14)15(22)27-12-8-26-9-12;1-5-16-19(11(20)18(5)10(14)15)9-4-8(17-23(2,21)22)6(12)3-7(9)13/h3-7,12H,8-9H2,1-2H3,(H2,18,19,20,21,23);3-4,10,17H,1-2H3. The van der Waals surface area contributed by atoms with E-state index in [4.69, 9.17) is 32.7 Å². The highest BCUT2D eigenvalue weighted by molar-refractivity contribution is 7.92. The number of rotatable bonds is 9. The largest absolute Gasteiger partial charge is 0.454 e. The summed E-state index contributed by atoms with van der Waals surface area (Å²) in [5, 5.41) is 5.89. The second kappa shape index (κ2) is 15.7. The smallest absolute Gasteiger partial charge is 0.355 e. The molecule has 3 N–H and O–H groups in total. The van der Waals surface area contributed by atoms with Crippen molar-refractivity contribution in [2.45, 2.75) is 38.3 Å². The lowest BCUT2D eigenvalue weighted by Crippen LogP contribution is -2.39. The molecule has 0 spiro atoms. The molecule has 0 atom stereocenters. The third-order valence-electron chi connectivity index (χ3n) is 6.45. The van der Waals surface area contributed by atoms with Gasteiger partial charge in [0.1, 0.15) is 16.8 Å². The van der Waals surface area contributed by atoms with Crippen LogP contribution in [0, 0.1) is 20.8 Å². The first-order valence-corrected chi connectivity index (χ1v) is 18.4. The molecule has 0 bridgehead atoms. The average molecular weight is 794 g/mol. The maximum Gasteiger partial charge on any atom is 0.355 e. The predicted octanol–water partition coefficient (Wildman–Crippen LogP) is 3.58. The number of aromatic nitrogens is 5. The maximum absolute atomic E-state index is 12.8. The van der Waals surface area contributed by atoms with Crippen LogP contribution in [0.3, 0.4) is 0 Å². The van der Waals surface area contributed by atoms with Gasteiger partial charge in [0.2, 0.25) is 16.0 Å². The lowest BCUT2D eigenvalue weighted by atomic mass is 10.2. The molecule has 1 aliphatic rings. The topological polar surface area (TPSA) is 223 Å². The van der Waals surface area contributed by atoms with Crippen molar-refractivity contribution in [3.63, 3.8) is 0 Å². The Morgan fingerprint density at radius 3 is 2.18 bits per heavy atom. The molecule has 0 saturated carbocycles. The number of nitrogens with one attached hydrogen (secondary N) is 3. The van der Waals surface area contributed by atoms with E-state index in [1.165, 1.54) is 37.3 Å². The monoisotopic (exact) mass is 792 g/mol. The molecule has 4 aromatic rings. The number of ether oxygens (including phenoxy) is 2. The van der Waals surface area contributed by atoms with Gasteiger partial charge in [0.15, 0.2) is 0 Å². The van der Waals surface area contributed by atoms with E-state index in [9.17, 15) is 40.0 Å². The van der Waals surface area contributed by atoms with Gasteiger partial charge in [0.25, 0.3) is 10.0 Å². The number of alkyl halides is 2. The molecule has 0 unspecified atom stereocenters. The van der Waals surface area contributed by atoms with Crippen molar-refractivity contribution < 1.29 is 44.7 Å². The van der Waals surface area contributed by atoms with Crippen LogP contribution < -0.4 is 20.5 Å². The minimum absolute atomic E-state index is 0.0257. The van der Waals surface area contributed by atoms with E-state index in [0.717, 1.165) is 12.3 Å². The van der Waals surface area contributed by atoms with E-state index in [1.54, 1.807) is 19.9 Å². The van der Waals surface area contributed by atoms with E-state index in [2.05, 4.69) is 25.1 Å². The molecule has 0 radical (unpaired) electrons. The van der Waals surface area contributed by atoms with Crippen LogP contribution in [-0.4, -0.2) is 78.7 Å². The lowest BCUT2D eigenvalue weighted by molar-refractivity contribution is -0.103. The number of halogens is 4. The van der Waals surface area contributed by atoms with Gasteiger partial charge in [-0.25, -0.2) is 50.5 Å². The van der Waals surface area contributed by atoms with Gasteiger partial charge in [-0.2, -0.15) is 13.5 Å². The SMILES string of the molecule is Cc1cc(C)nc(NC(=O)NS(=O)(=O)c2ccccc2C(=O)OC2COC2)n1.Cc1nn(-c2cc(NS(C)(=O)=O)c(Cl)cc2Cl)c(=O)n1C(F)F. The molecule has 5 rings (SSSR count). The van der Waals surface area contributed by atoms with Gasteiger partial charge in [0, 0.05) is 11.4 Å². The fourth-order valence-electron chi connectivity index (χ4n) is 4.29. The van der Waals surface area contributed by atoms with Crippen molar-refractivity contribution >= 4 is 66.9 Å². The zero-order chi connectivity index (χ0) is 37.8. The molecule has 17 nitrogen and oxygen atoms in total. The number of sulfonamides is 2. The number of hydrogen-bond donors (Lipinski definition) is 3. The predicted molar refractivity (Wildman–Crippen MR) is 180 cm³/mol. The Morgan fingerprint density at radius 1 is 1.00 bits per heavy atom. The fourth-order valence-corrected chi connectivity index (χ4v) is 6.53. The molecule has 2 aromatic carbocycles. The molecule has 3 heterocycles. The Labute approximate surface area is 299 Å². The minimum atomic E-state index is -4.35. The zero-order valence-electron chi connectivity index (χ0n) is 26.8. The van der Waals surface area contributed by atoms with Crippen LogP contribution in [0.1, 0.15) is 34.1 Å². The molecule has 2 amide bonds. The van der Waals surface area contributed by atoms with E-state index in [0.29, 0.717) is 16.1 Å². The molecule has 1 fully saturated rings. The summed E-state index contributed by atoms with van der Waals surface area (Å²) in [6.45, 7) is 2.10. The minimum Gasteiger partial charge on any atom is -0.454 e. The van der Waals surface area contributed by atoms with Crippen molar-refractivity contribution in [2.75, 3.05) is 29.5 Å². The Balaban J connectivity index is 0.000000233. The van der Waals surface area contributed by atoms with Crippen LogP contribution in [-0.2, 0) is 29.5 Å². The Morgan fingerprint density at radius 2 is 1.63 bits per heavy atom. The molecule has 51 heavy (non-hydrogen) atoms. The van der Waals surface area contributed by atoms with Crippen LogP contribution >= 0.6 is 23.2 Å². The number of aryl methyl sites for hydroxylation is 3. The third kappa shape index (κ3) is 9.97. The van der Waals surface area contributed by atoms with Gasteiger partial charge >= 0.3 is 24.2 Å². The van der Waals surface area contributed by atoms with E-state index >= 15 is 0 Å². The summed E-state index contributed by atoms with van der Waals surface area (Å²) in [5.41, 5.74) is -0.235. The molecule has 23 heteroatoms. The number of carbonyl (C=O) groups excluding carboxylic acids is 2. The van der Waals surface area contributed by atoms with Crippen LogP contribution in [0.4, 0.5) is 25.2 Å². The number of esters is 1. The van der Waals surface area contributed by atoms with Gasteiger partial charge < -0.3 is 9.47 Å². The van der Waals surface area contributed by atoms with Gasteiger partial charge in [0.05, 0.1) is 46.5 Å². The highest BCUT2D eigenvalue weighted by atomic mass is 35.5. The summed E-state index contributed by atoms with van der Waals surface area (Å²) in [6.07, 6.45) is 0.487. The van der Waals surface area contributed by atoms with Crippen molar-refractivity contribution in [3.05, 3.63) is 85.8 Å². The number of benzene rings is 2. The van der Waals surface area contributed by atoms with Gasteiger partial charge in [-0.05, 0) is 51.1 Å². The molecular weight excluding hydrogens is 765 g/mol. The molecule has 274 valence electrons. The van der Waals surface area contributed by atoms with Gasteiger partial charge in [-0.3, -0.25) is 10.0 Å². The Kier molecular flexibility index (Phi) is 12.0. The first kappa shape index (κ1) is 39.1. The molecule has 2 aromatic heterocycles. The maximum atomic E-state index is 12.8. The second-order valence-corrected chi connectivity index (χ2v) is 14.9. The normalized spacial score (nSPS) is 13.1. The third-order valence-corrected chi connectivity index (χ3v) is 9.04. The molecule has 0 aliphatic carbocycles. The summed E-state index contributed by atoms with van der Waals surface area (Å²) in [4.78, 5) is 44.1. The Bertz CT molecular complexity index is 2250. The molecular formula is C28H28Cl2F2N8O9S2. The summed E-state index contributed by atoms with van der Waals surface area (Å²) in [7, 11) is -8.00. The van der Waals surface area contributed by atoms with E-state index < -0.39 is 50.4 Å². The number of urea groups is 1. The molecule has 1 aliphatic heterocycles. The number of nitrogens with zero attached hydrogens (tertiary/aromatic N) is 5. The summed E-state index contributed by atoms with van der Waals surface area (Å²) in [6, 6.07) is 8.40. The zero-order valence-corrected chi connectivity index (χ0v) is 30.0. The van der Waals surface area contributed by atoms with Gasteiger partial charge in [-0.1, -0.05) is 35.3 Å². The molecule has 1 saturated heterocycles. The number of anilines is 2. The number of amides is 2. The first-order chi connectivity index (χ1) is 23.8. The fraction of sp³-hybridized carbons (Fsp3) is 0.286. The van der Waals surface area contributed by atoms with Crippen LogP contribution in [0.5, 0.6) is 0 Å². The van der Waals surface area contributed by atoms with Crippen molar-refractivity contribution in [1.82, 2.24) is 29.0 Å². The number of carbonyl (C=O) groups is 2. The summed E-state index contributed by atoms with van der Waals surface area (Å²) < 4.78 is 88.4. The van der Waals surface area contributed by atoms with E-state index in [-0.39, 0.29) is 61.4 Å². The van der Waals surface area contributed by atoms with Crippen LogP contribution in [0.15, 0.2) is 52.2 Å². The second-order valence-electron chi connectivity index (χ2n) is 10.6. The van der Waals surface area contributed by atoms with Crippen LogP contribution in [0.2, 0.25) is 10.0 Å².